The Morgan fingerprint density at radius 2 is 1.79 bits per heavy atom. The van der Waals surface area contributed by atoms with Crippen molar-refractivity contribution in [3.05, 3.63) is 46.2 Å². The normalized spacial score (nSPS) is 11.5. The fraction of sp³-hybridized carbons (Fsp3) is 0.429. The van der Waals surface area contributed by atoms with E-state index in [0.29, 0.717) is 30.5 Å². The van der Waals surface area contributed by atoms with Crippen LogP contribution in [0.4, 0.5) is 0 Å². The van der Waals surface area contributed by atoms with Gasteiger partial charge in [0.1, 0.15) is 0 Å². The number of methoxy groups -OCH3 is 2. The van der Waals surface area contributed by atoms with Gasteiger partial charge in [-0.1, -0.05) is 23.4 Å². The van der Waals surface area contributed by atoms with Gasteiger partial charge in [0.2, 0.25) is 0 Å². The topological polar surface area (TPSA) is 58.3 Å². The number of benzene rings is 1. The number of Topliss-reactive ketones (excluding diaryl/α,β-unsaturated/α-hetero) is 1. The van der Waals surface area contributed by atoms with Crippen LogP contribution in [-0.4, -0.2) is 53.1 Å². The molecule has 0 spiro atoms. The summed E-state index contributed by atoms with van der Waals surface area (Å²) < 4.78 is 14.6. The van der Waals surface area contributed by atoms with Crippen LogP contribution in [0.3, 0.4) is 0 Å². The number of carbonyl (C=O) groups is 1. The first-order valence-electron chi connectivity index (χ1n) is 9.42. The average Bonchev–Trinajstić information content (AvgIpc) is 3.18. The molecule has 0 aliphatic carbocycles. The first kappa shape index (κ1) is 21.9. The van der Waals surface area contributed by atoms with Crippen molar-refractivity contribution in [2.75, 3.05) is 33.2 Å². The second-order valence-electron chi connectivity index (χ2n) is 6.81. The highest BCUT2D eigenvalue weighted by Gasteiger charge is 2.18. The molecule has 0 saturated heterocycles. The molecule has 0 saturated carbocycles. The molecule has 0 aliphatic heterocycles. The van der Waals surface area contributed by atoms with Crippen LogP contribution < -0.4 is 0 Å². The number of ketones is 1. The Balaban J connectivity index is 1.80. The zero-order valence-electron chi connectivity index (χ0n) is 17.2. The fourth-order valence-electron chi connectivity index (χ4n) is 3.41. The standard InChI is InChI=1S/C21H26ClN3O3S/c1-14-11-17(15(2)24(14)7-9-27-3)20(26)13-29-21-23-18-12-16(22)5-6-19(18)25(21)8-10-28-4/h5-6,11-12H,7-10,13H2,1-4H3. The highest BCUT2D eigenvalue weighted by atomic mass is 35.5. The number of nitrogens with zero attached hydrogens (tertiary/aromatic N) is 3. The van der Waals surface area contributed by atoms with Crippen LogP contribution in [0.1, 0.15) is 21.7 Å². The van der Waals surface area contributed by atoms with Gasteiger partial charge in [-0.3, -0.25) is 4.79 Å². The molecule has 0 atom stereocenters. The van der Waals surface area contributed by atoms with E-state index in [1.54, 1.807) is 14.2 Å². The number of hydrogen-bond donors (Lipinski definition) is 0. The SMILES string of the molecule is COCCn1c(C)cc(C(=O)CSc2nc3cc(Cl)ccc3n2CCOC)c1C. The Morgan fingerprint density at radius 1 is 1.10 bits per heavy atom. The number of thioether (sulfide) groups is 1. The molecule has 0 fully saturated rings. The summed E-state index contributed by atoms with van der Waals surface area (Å²) in [6, 6.07) is 7.61. The van der Waals surface area contributed by atoms with Gasteiger partial charge in [-0.15, -0.1) is 0 Å². The van der Waals surface area contributed by atoms with Gasteiger partial charge < -0.3 is 18.6 Å². The highest BCUT2D eigenvalue weighted by Crippen LogP contribution is 2.27. The molecule has 156 valence electrons. The van der Waals surface area contributed by atoms with Crippen molar-refractivity contribution in [1.29, 1.82) is 0 Å². The van der Waals surface area contributed by atoms with Gasteiger partial charge in [-0.05, 0) is 38.1 Å². The van der Waals surface area contributed by atoms with E-state index in [0.717, 1.165) is 39.7 Å². The number of imidazole rings is 1. The van der Waals surface area contributed by atoms with Gasteiger partial charge in [0.15, 0.2) is 10.9 Å². The second-order valence-corrected chi connectivity index (χ2v) is 8.19. The summed E-state index contributed by atoms with van der Waals surface area (Å²) in [5.74, 6) is 0.411. The summed E-state index contributed by atoms with van der Waals surface area (Å²) in [5.41, 5.74) is 4.61. The Morgan fingerprint density at radius 3 is 2.48 bits per heavy atom. The van der Waals surface area contributed by atoms with Gasteiger partial charge in [0.25, 0.3) is 0 Å². The Hall–Kier alpha value is -1.80. The zero-order valence-corrected chi connectivity index (χ0v) is 18.8. The van der Waals surface area contributed by atoms with Gasteiger partial charge >= 0.3 is 0 Å². The van der Waals surface area contributed by atoms with Crippen molar-refractivity contribution in [3.8, 4) is 0 Å². The first-order valence-corrected chi connectivity index (χ1v) is 10.8. The van der Waals surface area contributed by atoms with E-state index < -0.39 is 0 Å². The van der Waals surface area contributed by atoms with Crippen molar-refractivity contribution in [1.82, 2.24) is 14.1 Å². The Bertz CT molecular complexity index is 1010. The van der Waals surface area contributed by atoms with Gasteiger partial charge in [-0.25, -0.2) is 4.98 Å². The summed E-state index contributed by atoms with van der Waals surface area (Å²) in [4.78, 5) is 17.6. The van der Waals surface area contributed by atoms with Gasteiger partial charge in [0, 0.05) is 49.3 Å². The van der Waals surface area contributed by atoms with Crippen LogP contribution in [0, 0.1) is 13.8 Å². The van der Waals surface area contributed by atoms with E-state index in [-0.39, 0.29) is 5.78 Å². The molecule has 2 heterocycles. The van der Waals surface area contributed by atoms with Crippen molar-refractivity contribution >= 4 is 40.2 Å². The second kappa shape index (κ2) is 9.80. The van der Waals surface area contributed by atoms with Gasteiger partial charge in [0.05, 0.1) is 30.0 Å². The van der Waals surface area contributed by atoms with E-state index in [1.165, 1.54) is 11.8 Å². The number of aromatic nitrogens is 3. The van der Waals surface area contributed by atoms with Crippen LogP contribution in [0.15, 0.2) is 29.4 Å². The third-order valence-corrected chi connectivity index (χ3v) is 6.13. The molecule has 3 rings (SSSR count). The number of rotatable bonds is 10. The fourth-order valence-corrected chi connectivity index (χ4v) is 4.50. The summed E-state index contributed by atoms with van der Waals surface area (Å²) in [6.07, 6.45) is 0. The van der Waals surface area contributed by atoms with E-state index in [1.807, 2.05) is 38.1 Å². The Labute approximate surface area is 180 Å². The van der Waals surface area contributed by atoms with Crippen LogP contribution in [0.5, 0.6) is 0 Å². The van der Waals surface area contributed by atoms with E-state index in [4.69, 9.17) is 21.1 Å². The molecular formula is C21H26ClN3O3S. The van der Waals surface area contributed by atoms with Crippen LogP contribution >= 0.6 is 23.4 Å². The van der Waals surface area contributed by atoms with Crippen molar-refractivity contribution in [3.63, 3.8) is 0 Å². The maximum Gasteiger partial charge on any atom is 0.175 e. The molecule has 0 bridgehead atoms. The molecule has 1 aromatic carbocycles. The molecule has 29 heavy (non-hydrogen) atoms. The number of hydrogen-bond acceptors (Lipinski definition) is 5. The maximum absolute atomic E-state index is 12.9. The molecule has 0 radical (unpaired) electrons. The Kier molecular flexibility index (Phi) is 7.40. The van der Waals surface area contributed by atoms with Gasteiger partial charge in [-0.2, -0.15) is 0 Å². The quantitative estimate of drug-likeness (QED) is 0.349. The van der Waals surface area contributed by atoms with E-state index in [2.05, 4.69) is 14.1 Å². The number of halogens is 1. The highest BCUT2D eigenvalue weighted by molar-refractivity contribution is 7.99. The predicted molar refractivity (Wildman–Crippen MR) is 117 cm³/mol. The number of ether oxygens (including phenoxy) is 2. The molecule has 0 aliphatic rings. The van der Waals surface area contributed by atoms with E-state index in [9.17, 15) is 4.79 Å². The molecule has 6 nitrogen and oxygen atoms in total. The van der Waals surface area contributed by atoms with Crippen molar-refractivity contribution in [2.45, 2.75) is 32.1 Å². The van der Waals surface area contributed by atoms with Crippen molar-refractivity contribution < 1.29 is 14.3 Å². The average molecular weight is 436 g/mol. The minimum atomic E-state index is 0.0927. The summed E-state index contributed by atoms with van der Waals surface area (Å²) in [5, 5.41) is 1.44. The minimum Gasteiger partial charge on any atom is -0.383 e. The number of carbonyl (C=O) groups excluding carboxylic acids is 1. The lowest BCUT2D eigenvalue weighted by Gasteiger charge is -2.09. The number of aryl methyl sites for hydroxylation is 1. The zero-order chi connectivity index (χ0) is 21.0. The lowest BCUT2D eigenvalue weighted by Crippen LogP contribution is -2.10. The van der Waals surface area contributed by atoms with Crippen molar-refractivity contribution in [2.24, 2.45) is 0 Å². The summed E-state index contributed by atoms with van der Waals surface area (Å²) in [6.45, 7) is 6.58. The summed E-state index contributed by atoms with van der Waals surface area (Å²) >= 11 is 7.56. The van der Waals surface area contributed by atoms with E-state index >= 15 is 0 Å². The molecular weight excluding hydrogens is 410 g/mol. The first-order chi connectivity index (χ1) is 14.0. The molecule has 8 heteroatoms. The molecule has 0 N–H and O–H groups in total. The molecule has 2 aromatic heterocycles. The molecule has 3 aromatic rings. The predicted octanol–water partition coefficient (Wildman–Crippen LogP) is 4.38. The largest absolute Gasteiger partial charge is 0.383 e. The number of fused-ring (bicyclic) bond motifs is 1. The third kappa shape index (κ3) is 4.86. The van der Waals surface area contributed by atoms with Crippen LogP contribution in [0.2, 0.25) is 5.02 Å². The van der Waals surface area contributed by atoms with Crippen LogP contribution in [0.25, 0.3) is 11.0 Å². The lowest BCUT2D eigenvalue weighted by molar-refractivity contribution is 0.102. The minimum absolute atomic E-state index is 0.0927. The molecule has 0 amide bonds. The lowest BCUT2D eigenvalue weighted by atomic mass is 10.2. The maximum atomic E-state index is 12.9. The smallest absolute Gasteiger partial charge is 0.175 e. The monoisotopic (exact) mass is 435 g/mol. The van der Waals surface area contributed by atoms with Crippen LogP contribution in [-0.2, 0) is 22.6 Å². The molecule has 0 unspecified atom stereocenters. The third-order valence-electron chi connectivity index (χ3n) is 4.92. The summed E-state index contributed by atoms with van der Waals surface area (Å²) in [7, 11) is 3.35.